The van der Waals surface area contributed by atoms with E-state index in [0.717, 1.165) is 52.9 Å². The largest absolute Gasteiger partial charge is 0.511 e. The highest BCUT2D eigenvalue weighted by Crippen LogP contribution is 2.39. The van der Waals surface area contributed by atoms with Gasteiger partial charge in [0.05, 0.1) is 109 Å². The highest BCUT2D eigenvalue weighted by Gasteiger charge is 2.50. The van der Waals surface area contributed by atoms with Crippen LogP contribution in [0.4, 0.5) is 18.9 Å². The normalized spacial score (nSPS) is 18.7. The summed E-state index contributed by atoms with van der Waals surface area (Å²) in [4.78, 5) is 25.3. The lowest BCUT2D eigenvalue weighted by atomic mass is 10.0. The quantitative estimate of drug-likeness (QED) is 0.0423. The molecule has 2 amide bonds. The number of nitrogens with two attached hydrogens (primary N) is 1. The van der Waals surface area contributed by atoms with Crippen molar-refractivity contribution < 1.29 is 59.6 Å². The molecule has 2 aromatic carbocycles. The molecule has 388 valence electrons. The number of thiocarbonyl (C=S) groups is 1. The minimum atomic E-state index is -5.44. The smallest absolute Gasteiger partial charge is 0.389 e. The molecule has 23 heteroatoms. The number of rotatable bonds is 31. The van der Waals surface area contributed by atoms with Gasteiger partial charge in [0.15, 0.2) is 0 Å². The predicted molar refractivity (Wildman–Crippen MR) is 267 cm³/mol. The van der Waals surface area contributed by atoms with E-state index >= 15 is 0 Å². The highest BCUT2D eigenvalue weighted by molar-refractivity contribution is 8.00. The lowest BCUT2D eigenvalue weighted by Gasteiger charge is -2.32. The summed E-state index contributed by atoms with van der Waals surface area (Å²) in [5, 5.41) is 14.0. The van der Waals surface area contributed by atoms with E-state index in [0.29, 0.717) is 112 Å². The molecule has 3 saturated heterocycles. The Hall–Kier alpha value is -4.04. The number of anilines is 1. The lowest BCUT2D eigenvalue weighted by Crippen LogP contribution is -2.45. The molecule has 70 heavy (non-hydrogen) atoms. The van der Waals surface area contributed by atoms with E-state index < -0.39 is 15.5 Å². The summed E-state index contributed by atoms with van der Waals surface area (Å²) in [5.41, 5.74) is 4.06. The number of nitrogens with zero attached hydrogens (tertiary/aromatic N) is 2. The van der Waals surface area contributed by atoms with Gasteiger partial charge < -0.3 is 60.0 Å². The Morgan fingerprint density at radius 2 is 1.46 bits per heavy atom. The van der Waals surface area contributed by atoms with Crippen LogP contribution >= 0.6 is 24.0 Å². The molecule has 3 atom stereocenters. The maximum absolute atomic E-state index is 13.3. The average molecular weight is 1040 g/mol. The summed E-state index contributed by atoms with van der Waals surface area (Å²) < 4.78 is 99.7. The van der Waals surface area contributed by atoms with Crippen molar-refractivity contribution in [2.45, 2.75) is 73.8 Å². The minimum absolute atomic E-state index is 0.0537. The summed E-state index contributed by atoms with van der Waals surface area (Å²) in [6.07, 6.45) is 5.82. The first kappa shape index (κ1) is 55.3. The molecule has 3 aliphatic rings. The van der Waals surface area contributed by atoms with Gasteiger partial charge in [-0.2, -0.15) is 29.2 Å². The third-order valence-electron chi connectivity index (χ3n) is 12.1. The Morgan fingerprint density at radius 3 is 2.09 bits per heavy atom. The Morgan fingerprint density at radius 1 is 0.829 bits per heavy atom. The van der Waals surface area contributed by atoms with Crippen molar-refractivity contribution >= 4 is 67.4 Å². The number of nitrogens with one attached hydrogen (secondary N) is 4. The number of amides is 2. The number of piperidine rings is 1. The molecule has 0 aliphatic carbocycles. The molecule has 3 aromatic rings. The van der Waals surface area contributed by atoms with Crippen molar-refractivity contribution in [1.29, 1.82) is 0 Å². The molecule has 0 spiro atoms. The molecule has 0 bridgehead atoms. The van der Waals surface area contributed by atoms with Crippen LogP contribution in [-0.2, 0) is 48.0 Å². The van der Waals surface area contributed by atoms with Gasteiger partial charge in [-0.15, -0.1) is 0 Å². The fourth-order valence-electron chi connectivity index (χ4n) is 8.53. The number of unbranched alkanes of at least 4 members (excludes halogenated alkanes) is 1. The van der Waals surface area contributed by atoms with Crippen molar-refractivity contribution in [3.63, 3.8) is 0 Å². The number of alkyl halides is 3. The van der Waals surface area contributed by atoms with E-state index in [1.54, 1.807) is 18.2 Å². The van der Waals surface area contributed by atoms with Crippen LogP contribution in [0.15, 0.2) is 61.1 Å². The first-order valence-electron chi connectivity index (χ1n) is 23.7. The lowest BCUT2D eigenvalue weighted by molar-refractivity contribution is -0.121. The van der Waals surface area contributed by atoms with Crippen LogP contribution < -0.4 is 27.0 Å². The zero-order chi connectivity index (χ0) is 49.9. The number of thioether (sulfide) groups is 1. The van der Waals surface area contributed by atoms with Crippen molar-refractivity contribution in [3.05, 3.63) is 66.6 Å². The van der Waals surface area contributed by atoms with E-state index in [1.165, 1.54) is 0 Å². The summed E-state index contributed by atoms with van der Waals surface area (Å²) in [7, 11) is -5.44. The topological polar surface area (TPSA) is 206 Å². The van der Waals surface area contributed by atoms with Gasteiger partial charge in [-0.3, -0.25) is 9.59 Å². The van der Waals surface area contributed by atoms with E-state index in [4.69, 9.17) is 46.4 Å². The van der Waals surface area contributed by atoms with Crippen molar-refractivity contribution in [3.8, 4) is 11.1 Å². The van der Waals surface area contributed by atoms with Crippen LogP contribution in [0, 0.1) is 0 Å². The average Bonchev–Trinajstić information content (AvgIpc) is 4.02. The SMILES string of the molecule is C=C1N[C@H]2[C@H](CS[C@H]2CCCCC(=O)NCCOCCOCCOCCOCCOCCOCCC(=O)Nc2ccc3c(-c4cccc(C(N)=S)c4)cn(C4CCN(S(=O)(=O)C(F)(F)F)CC4)c3c2)N1. The van der Waals surface area contributed by atoms with Gasteiger partial charge in [0.25, 0.3) is 0 Å². The molecule has 1 aromatic heterocycles. The molecule has 6 rings (SSSR count). The molecule has 17 nitrogen and oxygen atoms in total. The maximum atomic E-state index is 13.3. The first-order chi connectivity index (χ1) is 33.7. The summed E-state index contributed by atoms with van der Waals surface area (Å²) >= 11 is 7.18. The predicted octanol–water partition coefficient (Wildman–Crippen LogP) is 5.05. The monoisotopic (exact) mass is 1040 g/mol. The number of hydrogen-bond acceptors (Lipinski definition) is 14. The summed E-state index contributed by atoms with van der Waals surface area (Å²) in [5.74, 6) is 1.79. The molecular weight excluding hydrogens is 976 g/mol. The number of aromatic nitrogens is 1. The molecule has 6 N–H and O–H groups in total. The second kappa shape index (κ2) is 27.7. The second-order valence-corrected chi connectivity index (χ2v) is 20.7. The number of sulfonamides is 1. The minimum Gasteiger partial charge on any atom is -0.389 e. The molecule has 0 radical (unpaired) electrons. The Bertz CT molecular complexity index is 2300. The van der Waals surface area contributed by atoms with Crippen LogP contribution in [0.25, 0.3) is 22.0 Å². The van der Waals surface area contributed by atoms with Gasteiger partial charge in [-0.1, -0.05) is 49.5 Å². The van der Waals surface area contributed by atoms with Crippen molar-refractivity contribution in [2.75, 3.05) is 110 Å². The number of ether oxygens (including phenoxy) is 6. The number of fused-ring (bicyclic) bond motifs is 2. The van der Waals surface area contributed by atoms with E-state index in [1.807, 2.05) is 46.8 Å². The van der Waals surface area contributed by atoms with Gasteiger partial charge >= 0.3 is 15.5 Å². The molecule has 4 heterocycles. The van der Waals surface area contributed by atoms with Gasteiger partial charge in [0.1, 0.15) is 4.99 Å². The fraction of sp³-hybridized carbons (Fsp3) is 0.596. The van der Waals surface area contributed by atoms with Gasteiger partial charge in [-0.25, -0.2) is 8.42 Å². The standard InChI is InChI=1S/C47H66F3N7O10S3/c1-33-53-40-32-69-42(45(40)54-33)7-2-3-8-43(58)52-14-18-63-20-22-65-24-26-67-28-27-66-25-23-64-21-19-62-17-13-44(59)55-36-9-10-38-39(34-5-4-6-35(29-34)46(51)68)31-57(41(38)30-36)37-11-15-56(16-12-37)70(60,61)47(48,49)50/h4-6,9-10,29-31,37,40,42,45,53-54H,1-3,7-8,11-28,32H2,(H2,51,68)(H,52,58)(H,55,59)/t40-,42-,45-/m0/s1. The number of carbonyl (C=O) groups excluding carboxylic acids is 2. The number of halogens is 3. The van der Waals surface area contributed by atoms with Crippen LogP contribution in [0.1, 0.15) is 56.6 Å². The summed E-state index contributed by atoms with van der Waals surface area (Å²) in [6.45, 7) is 8.37. The number of hydrogen-bond donors (Lipinski definition) is 5. The Kier molecular flexibility index (Phi) is 21.9. The van der Waals surface area contributed by atoms with Crippen LogP contribution in [0.2, 0.25) is 0 Å². The van der Waals surface area contributed by atoms with Crippen molar-refractivity contribution in [1.82, 2.24) is 24.8 Å². The highest BCUT2D eigenvalue weighted by atomic mass is 32.2. The Balaban J connectivity index is 0.759. The van der Waals surface area contributed by atoms with Crippen LogP contribution in [0.5, 0.6) is 0 Å². The van der Waals surface area contributed by atoms with E-state index in [2.05, 4.69) is 27.8 Å². The van der Waals surface area contributed by atoms with Gasteiger partial charge in [0.2, 0.25) is 11.8 Å². The third kappa shape index (κ3) is 16.5. The van der Waals surface area contributed by atoms with E-state index in [-0.39, 0.29) is 68.4 Å². The number of benzene rings is 2. The third-order valence-corrected chi connectivity index (χ3v) is 15.5. The molecular formula is C47H66F3N7O10S3. The van der Waals surface area contributed by atoms with Gasteiger partial charge in [-0.05, 0) is 49.4 Å². The fourth-order valence-corrected chi connectivity index (χ4v) is 11.2. The van der Waals surface area contributed by atoms with Crippen LogP contribution in [0.3, 0.4) is 0 Å². The molecule has 0 unspecified atom stereocenters. The zero-order valence-electron chi connectivity index (χ0n) is 39.3. The second-order valence-electron chi connectivity index (χ2n) is 17.0. The van der Waals surface area contributed by atoms with Crippen molar-refractivity contribution in [2.24, 2.45) is 5.73 Å². The maximum Gasteiger partial charge on any atom is 0.511 e. The summed E-state index contributed by atoms with van der Waals surface area (Å²) in [6, 6.07) is 13.4. The molecule has 0 saturated carbocycles. The van der Waals surface area contributed by atoms with Crippen LogP contribution in [-0.4, -0.2) is 162 Å². The van der Waals surface area contributed by atoms with E-state index in [9.17, 15) is 31.2 Å². The molecule has 3 fully saturated rings. The Labute approximate surface area is 417 Å². The molecule has 3 aliphatic heterocycles. The number of carbonyl (C=O) groups is 2. The van der Waals surface area contributed by atoms with Gasteiger partial charge in [0, 0.05) is 71.5 Å². The first-order valence-corrected chi connectivity index (χ1v) is 26.6. The zero-order valence-corrected chi connectivity index (χ0v) is 41.8.